The van der Waals surface area contributed by atoms with Crippen molar-refractivity contribution in [3.05, 3.63) is 51.0 Å². The van der Waals surface area contributed by atoms with Crippen LogP contribution in [0.2, 0.25) is 0 Å². The van der Waals surface area contributed by atoms with Gasteiger partial charge in [0.2, 0.25) is 12.2 Å². The Hall–Kier alpha value is -4.28. The van der Waals surface area contributed by atoms with Crippen LogP contribution in [0, 0.1) is 9.28 Å². The first kappa shape index (κ1) is 31.3. The first-order valence-electron chi connectivity index (χ1n) is 11.3. The van der Waals surface area contributed by atoms with Crippen LogP contribution in [0.25, 0.3) is 22.3 Å². The van der Waals surface area contributed by atoms with Crippen LogP contribution in [0.15, 0.2) is 36.0 Å². The summed E-state index contributed by atoms with van der Waals surface area (Å²) >= 11 is 9.82. The molecule has 0 amide bonds. The van der Waals surface area contributed by atoms with Crippen LogP contribution < -0.4 is 22.9 Å². The number of nitrogen functional groups attached to an aromatic ring is 2. The summed E-state index contributed by atoms with van der Waals surface area (Å²) in [4.78, 5) is 41.7. The number of anilines is 2. The SMILES string of the molecule is CN.Nc1ccn([C@@H]2O[C@H](CO)[C@@H](O)C2(F)F)c(=O)n1.Nc1nc(=S)c2[nH]cnc2[nH]1.S=c1nc[nH]c2nc[nH]c12. The second kappa shape index (κ2) is 13.4. The number of hydrogen-bond acceptors (Lipinski definition) is 14. The van der Waals surface area contributed by atoms with Crippen LogP contribution in [0.1, 0.15) is 6.23 Å². The number of fused-ring (bicyclic) bond motifs is 2. The molecule has 41 heavy (non-hydrogen) atoms. The predicted molar refractivity (Wildman–Crippen MR) is 148 cm³/mol. The number of ether oxygens (including phenoxy) is 1. The molecule has 0 spiro atoms. The smallest absolute Gasteiger partial charge is 0.351 e. The molecular formula is C20H25F2N13O4S2. The van der Waals surface area contributed by atoms with Gasteiger partial charge in [0.05, 0.1) is 25.6 Å². The molecule has 0 bridgehead atoms. The number of nitrogens with zero attached hydrogens (tertiary/aromatic N) is 6. The maximum Gasteiger partial charge on any atom is 0.351 e. The Morgan fingerprint density at radius 1 is 1.02 bits per heavy atom. The van der Waals surface area contributed by atoms with Gasteiger partial charge in [0.1, 0.15) is 23.0 Å². The van der Waals surface area contributed by atoms with E-state index in [0.29, 0.717) is 25.0 Å². The maximum absolute atomic E-state index is 13.7. The Bertz CT molecular complexity index is 1770. The zero-order valence-corrected chi connectivity index (χ0v) is 22.7. The van der Waals surface area contributed by atoms with Gasteiger partial charge >= 0.3 is 11.6 Å². The largest absolute Gasteiger partial charge is 0.394 e. The van der Waals surface area contributed by atoms with Gasteiger partial charge in [-0.05, 0) is 13.1 Å². The summed E-state index contributed by atoms with van der Waals surface area (Å²) in [5, 5.41) is 18.1. The topological polar surface area (TPSA) is 277 Å². The van der Waals surface area contributed by atoms with Crippen molar-refractivity contribution in [2.75, 3.05) is 25.1 Å². The first-order valence-corrected chi connectivity index (χ1v) is 12.1. The van der Waals surface area contributed by atoms with Gasteiger partial charge < -0.3 is 52.1 Å². The minimum atomic E-state index is -3.71. The van der Waals surface area contributed by atoms with Gasteiger partial charge in [0, 0.05) is 6.20 Å². The monoisotopic (exact) mass is 613 g/mol. The van der Waals surface area contributed by atoms with E-state index < -0.39 is 36.7 Å². The highest BCUT2D eigenvalue weighted by atomic mass is 32.1. The molecule has 0 unspecified atom stereocenters. The van der Waals surface area contributed by atoms with Gasteiger partial charge in [0.25, 0.3) is 0 Å². The highest BCUT2D eigenvalue weighted by molar-refractivity contribution is 7.71. The van der Waals surface area contributed by atoms with Gasteiger partial charge in [-0.25, -0.2) is 24.7 Å². The number of alkyl halides is 2. The summed E-state index contributed by atoms with van der Waals surface area (Å²) in [5.74, 6) is -3.54. The third-order valence-corrected chi connectivity index (χ3v) is 5.83. The van der Waals surface area contributed by atoms with Gasteiger partial charge in [-0.2, -0.15) is 13.8 Å². The summed E-state index contributed by atoms with van der Waals surface area (Å²) in [6.45, 7) is -0.787. The second-order valence-electron chi connectivity index (χ2n) is 7.76. The molecular weight excluding hydrogens is 588 g/mol. The van der Waals surface area contributed by atoms with E-state index in [2.05, 4.69) is 50.6 Å². The molecule has 6 rings (SSSR count). The lowest BCUT2D eigenvalue weighted by Gasteiger charge is -2.20. The molecule has 17 nitrogen and oxygen atoms in total. The van der Waals surface area contributed by atoms with E-state index in [1.807, 2.05) is 0 Å². The lowest BCUT2D eigenvalue weighted by molar-refractivity contribution is -0.140. The van der Waals surface area contributed by atoms with Crippen molar-refractivity contribution in [3.8, 4) is 0 Å². The van der Waals surface area contributed by atoms with E-state index in [9.17, 15) is 18.7 Å². The molecule has 1 saturated heterocycles. The van der Waals surface area contributed by atoms with Crippen molar-refractivity contribution in [1.29, 1.82) is 0 Å². The van der Waals surface area contributed by atoms with Crippen LogP contribution in [0.4, 0.5) is 20.5 Å². The fourth-order valence-corrected chi connectivity index (χ4v) is 3.84. The average molecular weight is 614 g/mol. The molecule has 21 heteroatoms. The summed E-state index contributed by atoms with van der Waals surface area (Å²) in [5.41, 5.74) is 17.0. The summed E-state index contributed by atoms with van der Waals surface area (Å²) < 4.78 is 33.7. The number of aliphatic hydroxyl groups excluding tert-OH is 2. The number of aromatic amines is 4. The number of halogens is 2. The Balaban J connectivity index is 0.000000173. The number of aliphatic hydroxyl groups is 2. The van der Waals surface area contributed by atoms with E-state index in [-0.39, 0.29) is 11.8 Å². The first-order chi connectivity index (χ1) is 19.5. The van der Waals surface area contributed by atoms with Gasteiger partial charge in [0.15, 0.2) is 26.7 Å². The summed E-state index contributed by atoms with van der Waals surface area (Å²) in [6, 6.07) is 1.15. The minimum absolute atomic E-state index is 0.114. The molecule has 1 aliphatic rings. The van der Waals surface area contributed by atoms with Crippen molar-refractivity contribution in [1.82, 2.24) is 49.4 Å². The fourth-order valence-electron chi connectivity index (χ4n) is 3.37. The average Bonchev–Trinajstić information content (AvgIpc) is 3.66. The molecule has 0 aliphatic carbocycles. The molecule has 1 fully saturated rings. The van der Waals surface area contributed by atoms with E-state index in [1.54, 1.807) is 6.33 Å². The van der Waals surface area contributed by atoms with E-state index in [4.69, 9.17) is 45.7 Å². The van der Waals surface area contributed by atoms with Gasteiger partial charge in [-0.15, -0.1) is 0 Å². The molecule has 220 valence electrons. The molecule has 6 heterocycles. The van der Waals surface area contributed by atoms with Crippen LogP contribution >= 0.6 is 24.4 Å². The lowest BCUT2D eigenvalue weighted by Crippen LogP contribution is -2.41. The van der Waals surface area contributed by atoms with Crippen LogP contribution in [-0.4, -0.2) is 91.4 Å². The van der Waals surface area contributed by atoms with E-state index in [0.717, 1.165) is 23.4 Å². The highest BCUT2D eigenvalue weighted by Crippen LogP contribution is 2.41. The highest BCUT2D eigenvalue weighted by Gasteiger charge is 2.59. The zero-order chi connectivity index (χ0) is 30.3. The van der Waals surface area contributed by atoms with E-state index in [1.165, 1.54) is 19.7 Å². The van der Waals surface area contributed by atoms with Crippen molar-refractivity contribution in [2.24, 2.45) is 5.73 Å². The van der Waals surface area contributed by atoms with Crippen LogP contribution in [0.5, 0.6) is 0 Å². The summed E-state index contributed by atoms with van der Waals surface area (Å²) in [7, 11) is 1.50. The fraction of sp³-hybridized carbons (Fsp3) is 0.300. The number of nitrogens with one attached hydrogen (secondary N) is 4. The Morgan fingerprint density at radius 2 is 1.63 bits per heavy atom. The molecule has 0 aromatic carbocycles. The van der Waals surface area contributed by atoms with E-state index >= 15 is 0 Å². The number of aromatic nitrogens is 10. The third kappa shape index (κ3) is 6.90. The third-order valence-electron chi connectivity index (χ3n) is 5.22. The predicted octanol–water partition coefficient (Wildman–Crippen LogP) is -0.101. The summed E-state index contributed by atoms with van der Waals surface area (Å²) in [6.07, 6.45) is -0.0329. The van der Waals surface area contributed by atoms with Crippen LogP contribution in [0.3, 0.4) is 0 Å². The van der Waals surface area contributed by atoms with Crippen molar-refractivity contribution >= 4 is 58.5 Å². The molecule has 5 aromatic rings. The molecule has 5 aromatic heterocycles. The molecule has 3 atom stereocenters. The van der Waals surface area contributed by atoms with Gasteiger partial charge in [-0.3, -0.25) is 4.57 Å². The number of imidazole rings is 2. The Morgan fingerprint density at radius 3 is 2.22 bits per heavy atom. The Labute approximate surface area is 237 Å². The molecule has 0 radical (unpaired) electrons. The lowest BCUT2D eigenvalue weighted by atomic mass is 10.1. The van der Waals surface area contributed by atoms with Crippen molar-refractivity contribution < 1.29 is 23.7 Å². The van der Waals surface area contributed by atoms with Crippen molar-refractivity contribution in [2.45, 2.75) is 24.4 Å². The quantitative estimate of drug-likeness (QED) is 0.118. The molecule has 0 saturated carbocycles. The zero-order valence-electron chi connectivity index (χ0n) is 21.0. The number of H-pyrrole nitrogens is 4. The molecule has 12 N–H and O–H groups in total. The van der Waals surface area contributed by atoms with Gasteiger partial charge in [-0.1, -0.05) is 24.4 Å². The standard InChI is InChI=1S/C9H11F2N3O4.C5H5N5S.C5H4N4S.CH5N/c10-9(11)6(16)4(3-15)18-7(9)14-2-1-5(12)13-8(14)17;6-5-9-3-2(4(11)10-5)7-1-8-3;10-5-3-4(7-1-6-3)8-2-9-5;1-2/h1-2,4,6-7,15-16H,3H2,(H2,12,13,17);1H,(H4,6,7,8,9,10,11);1-2H,(H2,6,7,8,9,10);2H2,1H3/t4-,6-,7-;;;/m1.../s1. The molecule has 1 aliphatic heterocycles. The van der Waals surface area contributed by atoms with Crippen molar-refractivity contribution in [3.63, 3.8) is 0 Å². The number of rotatable bonds is 2. The Kier molecular flexibility index (Phi) is 10.2. The number of hydrogen-bond donors (Lipinski definition) is 9. The van der Waals surface area contributed by atoms with Crippen LogP contribution in [-0.2, 0) is 4.74 Å². The minimum Gasteiger partial charge on any atom is -0.394 e. The number of nitrogens with two attached hydrogens (primary N) is 3. The second-order valence-corrected chi connectivity index (χ2v) is 8.53. The maximum atomic E-state index is 13.7. The normalized spacial score (nSPS) is 18.9.